The molecule has 15 heavy (non-hydrogen) atoms. The highest BCUT2D eigenvalue weighted by Crippen LogP contribution is 2.35. The summed E-state index contributed by atoms with van der Waals surface area (Å²) < 4.78 is 0. The molecule has 2 aliphatic rings. The zero-order valence-electron chi connectivity index (χ0n) is 9.02. The maximum Gasteiger partial charge on any atom is 0.304 e. The molecule has 0 aromatic rings. The Morgan fingerprint density at radius 1 is 1.40 bits per heavy atom. The topological polar surface area (TPSA) is 40.5 Å². The molecule has 4 heteroatoms. The van der Waals surface area contributed by atoms with E-state index in [-0.39, 0.29) is 0 Å². The molecule has 2 fully saturated rings. The van der Waals surface area contributed by atoms with Gasteiger partial charge in [-0.2, -0.15) is 11.8 Å². The molecule has 0 radical (unpaired) electrons. The molecule has 86 valence electrons. The number of hydrogen-bond donors (Lipinski definition) is 1. The molecule has 2 rings (SSSR count). The highest BCUT2D eigenvalue weighted by molar-refractivity contribution is 8.00. The second-order valence-electron chi connectivity index (χ2n) is 4.44. The van der Waals surface area contributed by atoms with Crippen molar-refractivity contribution >= 4 is 17.7 Å². The number of aliphatic carboxylic acids is 1. The van der Waals surface area contributed by atoms with E-state index in [9.17, 15) is 4.79 Å². The first kappa shape index (κ1) is 11.3. The van der Waals surface area contributed by atoms with Crippen LogP contribution in [0.15, 0.2) is 0 Å². The van der Waals surface area contributed by atoms with E-state index >= 15 is 0 Å². The lowest BCUT2D eigenvalue weighted by molar-refractivity contribution is -0.137. The van der Waals surface area contributed by atoms with E-state index in [1.165, 1.54) is 31.4 Å². The van der Waals surface area contributed by atoms with Crippen molar-refractivity contribution in [3.8, 4) is 0 Å². The van der Waals surface area contributed by atoms with Crippen LogP contribution in [0.2, 0.25) is 0 Å². The molecule has 1 N–H and O–H groups in total. The number of nitrogens with zero attached hydrogens (tertiary/aromatic N) is 1. The van der Waals surface area contributed by atoms with Gasteiger partial charge in [0.2, 0.25) is 0 Å². The highest BCUT2D eigenvalue weighted by atomic mass is 32.2. The van der Waals surface area contributed by atoms with E-state index in [0.29, 0.717) is 12.5 Å². The zero-order chi connectivity index (χ0) is 10.7. The Labute approximate surface area is 95.2 Å². The Balaban J connectivity index is 1.88. The molecule has 0 amide bonds. The van der Waals surface area contributed by atoms with E-state index in [2.05, 4.69) is 16.7 Å². The molecule has 0 spiro atoms. The highest BCUT2D eigenvalue weighted by Gasteiger charge is 2.33. The van der Waals surface area contributed by atoms with Crippen molar-refractivity contribution < 1.29 is 9.90 Å². The Morgan fingerprint density at radius 2 is 2.20 bits per heavy atom. The third-order valence-electron chi connectivity index (χ3n) is 3.46. The van der Waals surface area contributed by atoms with Crippen molar-refractivity contribution in [3.63, 3.8) is 0 Å². The molecule has 1 saturated heterocycles. The minimum Gasteiger partial charge on any atom is -0.481 e. The Kier molecular flexibility index (Phi) is 3.92. The minimum atomic E-state index is -0.666. The summed E-state index contributed by atoms with van der Waals surface area (Å²) in [5, 5.41) is 9.49. The normalized spacial score (nSPS) is 32.3. The van der Waals surface area contributed by atoms with Gasteiger partial charge in [-0.15, -0.1) is 0 Å². The van der Waals surface area contributed by atoms with Gasteiger partial charge in [-0.05, 0) is 12.8 Å². The Bertz CT molecular complexity index is 233. The molecular formula is C11H19NO2S. The molecule has 1 saturated carbocycles. The molecular weight excluding hydrogens is 210 g/mol. The number of hydrogen-bond acceptors (Lipinski definition) is 3. The standard InChI is InChI=1S/C11H19NO2S/c13-11(14)5-6-12-7-8-15-10-4-2-1-3-9(10)12/h9-10H,1-8H2,(H,13,14). The predicted molar refractivity (Wildman–Crippen MR) is 62.3 cm³/mol. The molecule has 0 aromatic carbocycles. The molecule has 0 aromatic heterocycles. The van der Waals surface area contributed by atoms with E-state index in [1.54, 1.807) is 0 Å². The molecule has 1 heterocycles. The molecule has 3 nitrogen and oxygen atoms in total. The fourth-order valence-corrected chi connectivity index (χ4v) is 4.20. The summed E-state index contributed by atoms with van der Waals surface area (Å²) in [7, 11) is 0. The zero-order valence-corrected chi connectivity index (χ0v) is 9.84. The van der Waals surface area contributed by atoms with Crippen molar-refractivity contribution in [2.75, 3.05) is 18.8 Å². The number of carboxylic acids is 1. The maximum absolute atomic E-state index is 10.6. The number of carbonyl (C=O) groups is 1. The average molecular weight is 229 g/mol. The van der Waals surface area contributed by atoms with Crippen LogP contribution in [0.5, 0.6) is 0 Å². The summed E-state index contributed by atoms with van der Waals surface area (Å²) in [6.07, 6.45) is 5.59. The van der Waals surface area contributed by atoms with Gasteiger partial charge < -0.3 is 5.11 Å². The van der Waals surface area contributed by atoms with Crippen LogP contribution >= 0.6 is 11.8 Å². The first-order chi connectivity index (χ1) is 7.27. The number of carboxylic acid groups (broad SMARTS) is 1. The van der Waals surface area contributed by atoms with E-state index in [4.69, 9.17) is 5.11 Å². The minimum absolute atomic E-state index is 0.299. The lowest BCUT2D eigenvalue weighted by Gasteiger charge is -2.43. The lowest BCUT2D eigenvalue weighted by Crippen LogP contribution is -2.49. The van der Waals surface area contributed by atoms with Gasteiger partial charge in [0.1, 0.15) is 0 Å². The van der Waals surface area contributed by atoms with Crippen LogP contribution in [-0.4, -0.2) is 46.1 Å². The monoisotopic (exact) mass is 229 g/mol. The first-order valence-corrected chi connectivity index (χ1v) is 6.89. The van der Waals surface area contributed by atoms with Crippen LogP contribution in [0.25, 0.3) is 0 Å². The fourth-order valence-electron chi connectivity index (χ4n) is 2.69. The summed E-state index contributed by atoms with van der Waals surface area (Å²) in [6.45, 7) is 1.83. The van der Waals surface area contributed by atoms with Crippen LogP contribution in [0.4, 0.5) is 0 Å². The van der Waals surface area contributed by atoms with Gasteiger partial charge in [-0.25, -0.2) is 0 Å². The van der Waals surface area contributed by atoms with Gasteiger partial charge in [0.15, 0.2) is 0 Å². The quantitative estimate of drug-likeness (QED) is 0.801. The smallest absolute Gasteiger partial charge is 0.304 e. The first-order valence-electron chi connectivity index (χ1n) is 5.85. The summed E-state index contributed by atoms with van der Waals surface area (Å²) >= 11 is 2.10. The molecule has 1 aliphatic heterocycles. The van der Waals surface area contributed by atoms with Crippen LogP contribution in [0.3, 0.4) is 0 Å². The molecule has 0 bridgehead atoms. The maximum atomic E-state index is 10.6. The van der Waals surface area contributed by atoms with Crippen LogP contribution < -0.4 is 0 Å². The van der Waals surface area contributed by atoms with E-state index in [1.807, 2.05) is 0 Å². The summed E-state index contributed by atoms with van der Waals surface area (Å²) in [5.74, 6) is 0.515. The van der Waals surface area contributed by atoms with Crippen molar-refractivity contribution in [1.82, 2.24) is 4.90 Å². The van der Waals surface area contributed by atoms with Gasteiger partial charge in [0.25, 0.3) is 0 Å². The van der Waals surface area contributed by atoms with Gasteiger partial charge in [-0.1, -0.05) is 12.8 Å². The van der Waals surface area contributed by atoms with Crippen molar-refractivity contribution in [2.45, 2.75) is 43.4 Å². The average Bonchev–Trinajstić information content (AvgIpc) is 2.26. The number of thioether (sulfide) groups is 1. The van der Waals surface area contributed by atoms with Gasteiger partial charge in [0, 0.05) is 30.1 Å². The summed E-state index contributed by atoms with van der Waals surface area (Å²) in [6, 6.07) is 0.664. The van der Waals surface area contributed by atoms with Crippen LogP contribution in [-0.2, 0) is 4.79 Å². The Hall–Kier alpha value is -0.220. The van der Waals surface area contributed by atoms with Crippen LogP contribution in [0.1, 0.15) is 32.1 Å². The second kappa shape index (κ2) is 5.21. The van der Waals surface area contributed by atoms with Crippen LogP contribution in [0, 0.1) is 0 Å². The van der Waals surface area contributed by atoms with Crippen molar-refractivity contribution in [1.29, 1.82) is 0 Å². The SMILES string of the molecule is O=C(O)CCN1CCSC2CCCCC21. The number of rotatable bonds is 3. The predicted octanol–water partition coefficient (Wildman–Crippen LogP) is 1.82. The second-order valence-corrected chi connectivity index (χ2v) is 5.79. The molecule has 1 aliphatic carbocycles. The van der Waals surface area contributed by atoms with Gasteiger partial charge in [-0.3, -0.25) is 9.69 Å². The van der Waals surface area contributed by atoms with Crippen molar-refractivity contribution in [2.24, 2.45) is 0 Å². The summed E-state index contributed by atoms with van der Waals surface area (Å²) in [4.78, 5) is 13.0. The third kappa shape index (κ3) is 2.88. The third-order valence-corrected chi connectivity index (χ3v) is 4.86. The lowest BCUT2D eigenvalue weighted by atomic mass is 9.93. The Morgan fingerprint density at radius 3 is 3.00 bits per heavy atom. The molecule has 2 unspecified atom stereocenters. The van der Waals surface area contributed by atoms with E-state index < -0.39 is 5.97 Å². The van der Waals surface area contributed by atoms with Gasteiger partial charge in [0.05, 0.1) is 6.42 Å². The van der Waals surface area contributed by atoms with Crippen molar-refractivity contribution in [3.05, 3.63) is 0 Å². The fraction of sp³-hybridized carbons (Fsp3) is 0.909. The van der Waals surface area contributed by atoms with E-state index in [0.717, 1.165) is 18.3 Å². The van der Waals surface area contributed by atoms with Gasteiger partial charge >= 0.3 is 5.97 Å². The number of fused-ring (bicyclic) bond motifs is 1. The molecule has 2 atom stereocenters. The summed E-state index contributed by atoms with van der Waals surface area (Å²) in [5.41, 5.74) is 0. The largest absolute Gasteiger partial charge is 0.481 e.